The predicted octanol–water partition coefficient (Wildman–Crippen LogP) is 2.23. The fourth-order valence-corrected chi connectivity index (χ4v) is 1.72. The summed E-state index contributed by atoms with van der Waals surface area (Å²) >= 11 is 0. The van der Waals surface area contributed by atoms with E-state index in [2.05, 4.69) is 11.2 Å². The summed E-state index contributed by atoms with van der Waals surface area (Å²) in [5, 5.41) is 13.1. The van der Waals surface area contributed by atoms with Gasteiger partial charge in [0.05, 0.1) is 29.6 Å². The van der Waals surface area contributed by atoms with Gasteiger partial charge in [0.1, 0.15) is 5.56 Å². The number of nitriles is 1. The van der Waals surface area contributed by atoms with Crippen LogP contribution in [-0.2, 0) is 4.74 Å². The quantitative estimate of drug-likeness (QED) is 0.789. The van der Waals surface area contributed by atoms with Crippen LogP contribution in [0, 0.1) is 18.3 Å². The molecule has 0 spiro atoms. The SMILES string of the molecule is CCOC(=O)c1cn(-c2cccc(C#N)c2)nc1C. The first-order valence-electron chi connectivity index (χ1n) is 5.89. The van der Waals surface area contributed by atoms with Gasteiger partial charge in [-0.15, -0.1) is 0 Å². The first kappa shape index (κ1) is 12.8. The van der Waals surface area contributed by atoms with E-state index >= 15 is 0 Å². The molecule has 1 aromatic heterocycles. The van der Waals surface area contributed by atoms with Crippen molar-refractivity contribution >= 4 is 5.97 Å². The molecule has 0 amide bonds. The number of hydrogen-bond donors (Lipinski definition) is 0. The first-order chi connectivity index (χ1) is 9.15. The van der Waals surface area contributed by atoms with Crippen LogP contribution in [0.25, 0.3) is 5.69 Å². The Bertz CT molecular complexity index is 653. The van der Waals surface area contributed by atoms with E-state index in [9.17, 15) is 4.79 Å². The molecule has 0 saturated heterocycles. The number of aromatic nitrogens is 2. The van der Waals surface area contributed by atoms with Crippen LogP contribution in [-0.4, -0.2) is 22.4 Å². The molecule has 19 heavy (non-hydrogen) atoms. The van der Waals surface area contributed by atoms with E-state index in [1.54, 1.807) is 42.9 Å². The Morgan fingerprint density at radius 3 is 3.00 bits per heavy atom. The van der Waals surface area contributed by atoms with Gasteiger partial charge in [-0.3, -0.25) is 0 Å². The monoisotopic (exact) mass is 255 g/mol. The summed E-state index contributed by atoms with van der Waals surface area (Å²) in [6, 6.07) is 9.09. The molecule has 0 atom stereocenters. The lowest BCUT2D eigenvalue weighted by Crippen LogP contribution is -2.04. The number of carbonyl (C=O) groups is 1. The van der Waals surface area contributed by atoms with Gasteiger partial charge in [0.25, 0.3) is 0 Å². The fraction of sp³-hybridized carbons (Fsp3) is 0.214. The van der Waals surface area contributed by atoms with Gasteiger partial charge in [-0.1, -0.05) is 6.07 Å². The molecule has 0 fully saturated rings. The third-order valence-corrected chi connectivity index (χ3v) is 2.63. The van der Waals surface area contributed by atoms with Gasteiger partial charge < -0.3 is 4.74 Å². The van der Waals surface area contributed by atoms with Crippen molar-refractivity contribution in [1.29, 1.82) is 5.26 Å². The smallest absolute Gasteiger partial charge is 0.341 e. The highest BCUT2D eigenvalue weighted by Crippen LogP contribution is 2.14. The van der Waals surface area contributed by atoms with Crippen molar-refractivity contribution in [2.24, 2.45) is 0 Å². The van der Waals surface area contributed by atoms with Crippen LogP contribution in [0.2, 0.25) is 0 Å². The van der Waals surface area contributed by atoms with Gasteiger partial charge in [0, 0.05) is 6.20 Å². The van der Waals surface area contributed by atoms with Gasteiger partial charge in [-0.05, 0) is 32.0 Å². The van der Waals surface area contributed by atoms with Crippen LogP contribution in [0.5, 0.6) is 0 Å². The standard InChI is InChI=1S/C14H13N3O2/c1-3-19-14(18)13-9-17(16-10(13)2)12-6-4-5-11(7-12)8-15/h4-7,9H,3H2,1-2H3. The van der Waals surface area contributed by atoms with Crippen molar-refractivity contribution in [2.45, 2.75) is 13.8 Å². The lowest BCUT2D eigenvalue weighted by molar-refractivity contribution is 0.0525. The summed E-state index contributed by atoms with van der Waals surface area (Å²) in [6.07, 6.45) is 1.61. The second kappa shape index (κ2) is 5.36. The lowest BCUT2D eigenvalue weighted by atomic mass is 10.2. The Morgan fingerprint density at radius 2 is 2.32 bits per heavy atom. The molecule has 96 valence electrons. The third kappa shape index (κ3) is 2.63. The summed E-state index contributed by atoms with van der Waals surface area (Å²) in [4.78, 5) is 11.7. The number of aryl methyl sites for hydroxylation is 1. The van der Waals surface area contributed by atoms with Crippen molar-refractivity contribution in [3.63, 3.8) is 0 Å². The maximum absolute atomic E-state index is 11.7. The van der Waals surface area contributed by atoms with E-state index < -0.39 is 0 Å². The van der Waals surface area contributed by atoms with Crippen molar-refractivity contribution in [3.05, 3.63) is 47.3 Å². The molecule has 0 aliphatic rings. The van der Waals surface area contributed by atoms with Crippen LogP contribution in [0.4, 0.5) is 0 Å². The molecule has 1 heterocycles. The number of rotatable bonds is 3. The first-order valence-corrected chi connectivity index (χ1v) is 5.89. The molecule has 2 aromatic rings. The zero-order valence-corrected chi connectivity index (χ0v) is 10.8. The molecule has 1 aromatic carbocycles. The minimum absolute atomic E-state index is 0.327. The van der Waals surface area contributed by atoms with Gasteiger partial charge in [0.15, 0.2) is 0 Å². The highest BCUT2D eigenvalue weighted by Gasteiger charge is 2.15. The van der Waals surface area contributed by atoms with E-state index in [1.165, 1.54) is 0 Å². The van der Waals surface area contributed by atoms with Gasteiger partial charge in [-0.25, -0.2) is 9.48 Å². The Balaban J connectivity index is 2.39. The molecule has 0 radical (unpaired) electrons. The largest absolute Gasteiger partial charge is 0.462 e. The maximum Gasteiger partial charge on any atom is 0.341 e. The van der Waals surface area contributed by atoms with E-state index in [0.29, 0.717) is 23.4 Å². The molecule has 2 rings (SSSR count). The second-order valence-electron chi connectivity index (χ2n) is 3.96. The van der Waals surface area contributed by atoms with Crippen LogP contribution < -0.4 is 0 Å². The van der Waals surface area contributed by atoms with E-state index in [1.807, 2.05) is 6.07 Å². The zero-order chi connectivity index (χ0) is 13.8. The second-order valence-corrected chi connectivity index (χ2v) is 3.96. The Kier molecular flexibility index (Phi) is 3.62. The summed E-state index contributed by atoms with van der Waals surface area (Å²) in [6.45, 7) is 3.83. The topological polar surface area (TPSA) is 67.9 Å². The molecule has 5 heteroatoms. The van der Waals surface area contributed by atoms with Gasteiger partial charge >= 0.3 is 5.97 Å². The number of hydrogen-bond acceptors (Lipinski definition) is 4. The van der Waals surface area contributed by atoms with Gasteiger partial charge in [0.2, 0.25) is 0 Å². The van der Waals surface area contributed by atoms with Gasteiger partial charge in [-0.2, -0.15) is 10.4 Å². The average molecular weight is 255 g/mol. The molecule has 0 bridgehead atoms. The zero-order valence-electron chi connectivity index (χ0n) is 10.8. The Morgan fingerprint density at radius 1 is 1.53 bits per heavy atom. The normalized spacial score (nSPS) is 9.95. The summed E-state index contributed by atoms with van der Waals surface area (Å²) in [5.41, 5.74) is 2.31. The predicted molar refractivity (Wildman–Crippen MR) is 69.0 cm³/mol. The maximum atomic E-state index is 11.7. The van der Waals surface area contributed by atoms with Crippen molar-refractivity contribution in [2.75, 3.05) is 6.61 Å². The number of esters is 1. The highest BCUT2D eigenvalue weighted by molar-refractivity contribution is 5.90. The molecule has 0 unspecified atom stereocenters. The minimum atomic E-state index is -0.386. The summed E-state index contributed by atoms with van der Waals surface area (Å²) in [5.74, 6) is -0.386. The summed E-state index contributed by atoms with van der Waals surface area (Å²) < 4.78 is 6.53. The molecular formula is C14H13N3O2. The number of carbonyl (C=O) groups excluding carboxylic acids is 1. The molecule has 5 nitrogen and oxygen atoms in total. The van der Waals surface area contributed by atoms with Crippen LogP contribution in [0.1, 0.15) is 28.5 Å². The Hall–Kier alpha value is -2.61. The minimum Gasteiger partial charge on any atom is -0.462 e. The Labute approximate surface area is 111 Å². The van der Waals surface area contributed by atoms with Crippen LogP contribution >= 0.6 is 0 Å². The summed E-state index contributed by atoms with van der Waals surface area (Å²) in [7, 11) is 0. The van der Waals surface area contributed by atoms with E-state index in [-0.39, 0.29) is 5.97 Å². The van der Waals surface area contributed by atoms with Crippen molar-refractivity contribution < 1.29 is 9.53 Å². The third-order valence-electron chi connectivity index (χ3n) is 2.63. The number of ether oxygens (including phenoxy) is 1. The van der Waals surface area contributed by atoms with Crippen molar-refractivity contribution in [1.82, 2.24) is 9.78 Å². The molecule has 0 N–H and O–H groups in total. The highest BCUT2D eigenvalue weighted by atomic mass is 16.5. The average Bonchev–Trinajstić information content (AvgIpc) is 2.81. The molecule has 0 aliphatic heterocycles. The molecule has 0 aliphatic carbocycles. The van der Waals surface area contributed by atoms with Crippen LogP contribution in [0.3, 0.4) is 0 Å². The fourth-order valence-electron chi connectivity index (χ4n) is 1.72. The van der Waals surface area contributed by atoms with E-state index in [4.69, 9.17) is 10.00 Å². The molecular weight excluding hydrogens is 242 g/mol. The lowest BCUT2D eigenvalue weighted by Gasteiger charge is -2.00. The van der Waals surface area contributed by atoms with Crippen LogP contribution in [0.15, 0.2) is 30.5 Å². The van der Waals surface area contributed by atoms with E-state index in [0.717, 1.165) is 5.69 Å². The molecule has 0 saturated carbocycles. The van der Waals surface area contributed by atoms with Crippen molar-refractivity contribution in [3.8, 4) is 11.8 Å². The number of nitrogens with zero attached hydrogens (tertiary/aromatic N) is 3. The number of benzene rings is 1.